The van der Waals surface area contributed by atoms with Crippen molar-refractivity contribution in [3.63, 3.8) is 0 Å². The molecule has 0 aromatic rings. The van der Waals surface area contributed by atoms with Crippen molar-refractivity contribution in [3.8, 4) is 0 Å². The van der Waals surface area contributed by atoms with Crippen molar-refractivity contribution in [1.82, 2.24) is 5.32 Å². The van der Waals surface area contributed by atoms with Crippen LogP contribution in [0.5, 0.6) is 0 Å². The summed E-state index contributed by atoms with van der Waals surface area (Å²) in [5, 5.41) is 13.6. The van der Waals surface area contributed by atoms with E-state index in [2.05, 4.69) is 24.0 Å². The number of carboxylic acids is 1. The van der Waals surface area contributed by atoms with Crippen LogP contribution in [-0.2, 0) is 4.79 Å². The molecular weight excluding hydrogens is 258 g/mol. The lowest BCUT2D eigenvalue weighted by Crippen LogP contribution is -2.52. The first-order chi connectivity index (χ1) is 9.14. The number of carbonyl (C=O) groups is 1. The zero-order valence-corrected chi connectivity index (χ0v) is 13.2. The summed E-state index contributed by atoms with van der Waals surface area (Å²) in [5.74, 6) is 0.419. The van der Waals surface area contributed by atoms with E-state index in [-0.39, 0.29) is 0 Å². The van der Waals surface area contributed by atoms with Gasteiger partial charge in [0, 0.05) is 5.25 Å². The van der Waals surface area contributed by atoms with Crippen LogP contribution in [0.15, 0.2) is 0 Å². The molecule has 0 spiro atoms. The Hall–Kier alpha value is -0.220. The average molecular weight is 287 g/mol. The van der Waals surface area contributed by atoms with Crippen LogP contribution in [0.1, 0.15) is 65.2 Å². The minimum Gasteiger partial charge on any atom is -0.480 e. The van der Waals surface area contributed by atoms with Crippen molar-refractivity contribution in [3.05, 3.63) is 0 Å². The van der Waals surface area contributed by atoms with Gasteiger partial charge in [-0.25, -0.2) is 0 Å². The third-order valence-corrected chi connectivity index (χ3v) is 5.60. The van der Waals surface area contributed by atoms with E-state index >= 15 is 0 Å². The Bertz CT molecular complexity index is 267. The third kappa shape index (κ3) is 5.35. The lowest BCUT2D eigenvalue weighted by atomic mass is 9.90. The normalized spacial score (nSPS) is 19.5. The molecule has 0 saturated heterocycles. The molecular formula is C15H29NO2S. The first kappa shape index (κ1) is 16.8. The first-order valence-electron chi connectivity index (χ1n) is 7.74. The number of hydrogen-bond donors (Lipinski definition) is 2. The summed E-state index contributed by atoms with van der Waals surface area (Å²) < 4.78 is 0. The second-order valence-electron chi connectivity index (χ2n) is 5.55. The molecule has 1 saturated carbocycles. The van der Waals surface area contributed by atoms with E-state index in [9.17, 15) is 9.90 Å². The third-order valence-electron chi connectivity index (χ3n) is 4.13. The molecule has 4 heteroatoms. The summed E-state index contributed by atoms with van der Waals surface area (Å²) in [6, 6.07) is 0. The van der Waals surface area contributed by atoms with Crippen LogP contribution in [0.3, 0.4) is 0 Å². The lowest BCUT2D eigenvalue weighted by molar-refractivity contribution is -0.145. The molecule has 0 bridgehead atoms. The molecule has 0 radical (unpaired) electrons. The Morgan fingerprint density at radius 1 is 1.37 bits per heavy atom. The van der Waals surface area contributed by atoms with E-state index in [0.717, 1.165) is 36.8 Å². The van der Waals surface area contributed by atoms with Gasteiger partial charge < -0.3 is 10.4 Å². The summed E-state index contributed by atoms with van der Waals surface area (Å²) in [4.78, 5) is 11.5. The molecule has 19 heavy (non-hydrogen) atoms. The van der Waals surface area contributed by atoms with Crippen LogP contribution < -0.4 is 5.32 Å². The van der Waals surface area contributed by atoms with Crippen LogP contribution in [0.2, 0.25) is 0 Å². The number of aliphatic carboxylic acids is 1. The largest absolute Gasteiger partial charge is 0.480 e. The van der Waals surface area contributed by atoms with Gasteiger partial charge in [0.05, 0.1) is 0 Å². The molecule has 1 fully saturated rings. The molecule has 2 N–H and O–H groups in total. The predicted molar refractivity (Wildman–Crippen MR) is 82.9 cm³/mol. The Kier molecular flexibility index (Phi) is 7.84. The van der Waals surface area contributed by atoms with Gasteiger partial charge in [0.2, 0.25) is 0 Å². The fourth-order valence-corrected chi connectivity index (χ4v) is 4.08. The Morgan fingerprint density at radius 3 is 2.58 bits per heavy atom. The zero-order valence-electron chi connectivity index (χ0n) is 12.4. The van der Waals surface area contributed by atoms with Crippen molar-refractivity contribution in [2.24, 2.45) is 0 Å². The maximum Gasteiger partial charge on any atom is 0.323 e. The molecule has 1 atom stereocenters. The average Bonchev–Trinajstić information content (AvgIpc) is 2.91. The molecule has 1 aliphatic carbocycles. The van der Waals surface area contributed by atoms with E-state index in [1.54, 1.807) is 0 Å². The van der Waals surface area contributed by atoms with Crippen LogP contribution in [0, 0.1) is 0 Å². The molecule has 3 nitrogen and oxygen atoms in total. The summed E-state index contributed by atoms with van der Waals surface area (Å²) in [6.07, 6.45) is 8.86. The van der Waals surface area contributed by atoms with Crippen molar-refractivity contribution in [2.45, 2.75) is 76.0 Å². The van der Waals surface area contributed by atoms with Gasteiger partial charge in [0.15, 0.2) is 0 Å². The van der Waals surface area contributed by atoms with Gasteiger partial charge in [-0.15, -0.1) is 0 Å². The zero-order chi connectivity index (χ0) is 14.1. The van der Waals surface area contributed by atoms with Gasteiger partial charge in [-0.1, -0.05) is 26.7 Å². The second-order valence-corrected chi connectivity index (χ2v) is 6.96. The molecule has 0 aliphatic heterocycles. The highest BCUT2D eigenvalue weighted by Gasteiger charge is 2.35. The van der Waals surface area contributed by atoms with Gasteiger partial charge in [0.25, 0.3) is 0 Å². The summed E-state index contributed by atoms with van der Waals surface area (Å²) >= 11 is 2.05. The fourth-order valence-electron chi connectivity index (χ4n) is 2.77. The van der Waals surface area contributed by atoms with Crippen LogP contribution in [0.25, 0.3) is 0 Å². The molecule has 0 aromatic carbocycles. The number of nitrogens with one attached hydrogen (secondary N) is 1. The fraction of sp³-hybridized carbons (Fsp3) is 0.933. The van der Waals surface area contributed by atoms with Crippen molar-refractivity contribution in [1.29, 1.82) is 0 Å². The van der Waals surface area contributed by atoms with Gasteiger partial charge in [-0.05, 0) is 50.8 Å². The topological polar surface area (TPSA) is 49.3 Å². The van der Waals surface area contributed by atoms with Gasteiger partial charge in [-0.2, -0.15) is 11.8 Å². The second kappa shape index (κ2) is 8.85. The van der Waals surface area contributed by atoms with Crippen LogP contribution >= 0.6 is 11.8 Å². The monoisotopic (exact) mass is 287 g/mol. The van der Waals surface area contributed by atoms with Crippen molar-refractivity contribution >= 4 is 17.7 Å². The quantitative estimate of drug-likeness (QED) is 0.602. The number of thioether (sulfide) groups is 1. The standard InChI is InChI=1S/C15H29NO2S/c1-3-11-16-15(4-2,14(17)18)10-7-12-19-13-8-5-6-9-13/h13,16H,3-12H2,1-2H3,(H,17,18). The highest BCUT2D eigenvalue weighted by molar-refractivity contribution is 7.99. The molecule has 1 unspecified atom stereocenters. The molecule has 112 valence electrons. The lowest BCUT2D eigenvalue weighted by Gasteiger charge is -2.29. The van der Waals surface area contributed by atoms with Gasteiger partial charge in [0.1, 0.15) is 5.54 Å². The van der Waals surface area contributed by atoms with E-state index in [0.29, 0.717) is 6.42 Å². The summed E-state index contributed by atoms with van der Waals surface area (Å²) in [7, 11) is 0. The van der Waals surface area contributed by atoms with E-state index in [1.807, 2.05) is 6.92 Å². The smallest absolute Gasteiger partial charge is 0.323 e. The predicted octanol–water partition coefficient (Wildman–Crippen LogP) is 3.68. The molecule has 0 heterocycles. The van der Waals surface area contributed by atoms with Crippen LogP contribution in [-0.4, -0.2) is 34.2 Å². The van der Waals surface area contributed by atoms with Crippen molar-refractivity contribution < 1.29 is 9.90 Å². The van der Waals surface area contributed by atoms with Crippen molar-refractivity contribution in [2.75, 3.05) is 12.3 Å². The Balaban J connectivity index is 2.32. The Labute approximate surface area is 121 Å². The molecule has 1 aliphatic rings. The van der Waals surface area contributed by atoms with Gasteiger partial charge in [-0.3, -0.25) is 4.79 Å². The van der Waals surface area contributed by atoms with E-state index in [1.165, 1.54) is 25.7 Å². The van der Waals surface area contributed by atoms with Gasteiger partial charge >= 0.3 is 5.97 Å². The summed E-state index contributed by atoms with van der Waals surface area (Å²) in [6.45, 7) is 4.84. The maximum atomic E-state index is 11.5. The minimum absolute atomic E-state index is 0.663. The number of rotatable bonds is 10. The number of carboxylic acid groups (broad SMARTS) is 1. The van der Waals surface area contributed by atoms with E-state index < -0.39 is 11.5 Å². The highest BCUT2D eigenvalue weighted by atomic mass is 32.2. The minimum atomic E-state index is -0.702. The van der Waals surface area contributed by atoms with Crippen LogP contribution in [0.4, 0.5) is 0 Å². The first-order valence-corrected chi connectivity index (χ1v) is 8.79. The number of hydrogen-bond acceptors (Lipinski definition) is 3. The molecule has 0 aromatic heterocycles. The molecule has 1 rings (SSSR count). The Morgan fingerprint density at radius 2 is 2.05 bits per heavy atom. The molecule has 0 amide bonds. The van der Waals surface area contributed by atoms with E-state index in [4.69, 9.17) is 0 Å². The maximum absolute atomic E-state index is 11.5. The summed E-state index contributed by atoms with van der Waals surface area (Å²) in [5.41, 5.74) is -0.702. The SMILES string of the molecule is CCCNC(CC)(CCCSC1CCCC1)C(=O)O. The highest BCUT2D eigenvalue weighted by Crippen LogP contribution is 2.30.